The quantitative estimate of drug-likeness (QED) is 0.928. The minimum atomic E-state index is -4.35. The lowest BCUT2D eigenvalue weighted by Crippen LogP contribution is -2.45. The summed E-state index contributed by atoms with van der Waals surface area (Å²) in [6.45, 7) is 3.03. The van der Waals surface area contributed by atoms with Crippen molar-refractivity contribution in [3.05, 3.63) is 71.3 Å². The first-order valence-electron chi connectivity index (χ1n) is 7.73. The third kappa shape index (κ3) is 3.57. The van der Waals surface area contributed by atoms with Crippen LogP contribution < -0.4 is 5.32 Å². The number of hydrogen-bond donors (Lipinski definition) is 1. The zero-order valence-electron chi connectivity index (χ0n) is 12.7. The molecular formula is C18H19F3N2. The molecule has 1 saturated heterocycles. The molecular weight excluding hydrogens is 301 g/mol. The van der Waals surface area contributed by atoms with E-state index < -0.39 is 11.7 Å². The number of piperazine rings is 1. The molecule has 0 amide bonds. The molecule has 0 aromatic heterocycles. The first-order valence-corrected chi connectivity index (χ1v) is 7.73. The maximum Gasteiger partial charge on any atom is 0.416 e. The largest absolute Gasteiger partial charge is 0.416 e. The van der Waals surface area contributed by atoms with E-state index in [2.05, 4.69) is 10.2 Å². The summed E-state index contributed by atoms with van der Waals surface area (Å²) < 4.78 is 40.4. The van der Waals surface area contributed by atoms with Crippen molar-refractivity contribution < 1.29 is 13.2 Å². The van der Waals surface area contributed by atoms with Crippen LogP contribution in [0.5, 0.6) is 0 Å². The number of nitrogens with one attached hydrogen (secondary N) is 1. The number of hydrogen-bond acceptors (Lipinski definition) is 2. The predicted octanol–water partition coefficient (Wildman–Crippen LogP) is 3.70. The second-order valence-corrected chi connectivity index (χ2v) is 5.68. The van der Waals surface area contributed by atoms with Gasteiger partial charge in [-0.05, 0) is 17.2 Å². The van der Waals surface area contributed by atoms with E-state index in [9.17, 15) is 13.2 Å². The zero-order chi connectivity index (χ0) is 16.3. The molecule has 0 bridgehead atoms. The van der Waals surface area contributed by atoms with Crippen molar-refractivity contribution in [1.82, 2.24) is 10.2 Å². The molecule has 1 heterocycles. The SMILES string of the molecule is FC(F)(F)c1ccccc1C(c1ccccc1)N1CCNCC1. The summed E-state index contributed by atoms with van der Waals surface area (Å²) in [5.74, 6) is 0. The molecule has 122 valence electrons. The summed E-state index contributed by atoms with van der Waals surface area (Å²) in [5.41, 5.74) is 0.673. The second kappa shape index (κ2) is 6.72. The molecule has 1 unspecified atom stereocenters. The Morgan fingerprint density at radius 1 is 0.870 bits per heavy atom. The number of benzene rings is 2. The highest BCUT2D eigenvalue weighted by atomic mass is 19.4. The van der Waals surface area contributed by atoms with Gasteiger partial charge in [-0.15, -0.1) is 0 Å². The summed E-state index contributed by atoms with van der Waals surface area (Å²) in [4.78, 5) is 2.12. The van der Waals surface area contributed by atoms with E-state index in [4.69, 9.17) is 0 Å². The van der Waals surface area contributed by atoms with E-state index in [1.54, 1.807) is 12.1 Å². The average molecular weight is 320 g/mol. The third-order valence-corrected chi connectivity index (χ3v) is 4.19. The topological polar surface area (TPSA) is 15.3 Å². The monoisotopic (exact) mass is 320 g/mol. The van der Waals surface area contributed by atoms with Gasteiger partial charge in [0.25, 0.3) is 0 Å². The van der Waals surface area contributed by atoms with Crippen LogP contribution in [-0.2, 0) is 6.18 Å². The van der Waals surface area contributed by atoms with Crippen LogP contribution in [0, 0.1) is 0 Å². The average Bonchev–Trinajstić information content (AvgIpc) is 2.57. The fourth-order valence-corrected chi connectivity index (χ4v) is 3.16. The predicted molar refractivity (Wildman–Crippen MR) is 84.2 cm³/mol. The molecule has 1 atom stereocenters. The molecule has 2 nitrogen and oxygen atoms in total. The summed E-state index contributed by atoms with van der Waals surface area (Å²) in [6.07, 6.45) is -4.35. The van der Waals surface area contributed by atoms with Crippen molar-refractivity contribution in [1.29, 1.82) is 0 Å². The zero-order valence-corrected chi connectivity index (χ0v) is 12.7. The molecule has 1 aliphatic heterocycles. The first kappa shape index (κ1) is 16.0. The fraction of sp³-hybridized carbons (Fsp3) is 0.333. The Hall–Kier alpha value is -1.85. The molecule has 5 heteroatoms. The van der Waals surface area contributed by atoms with Crippen molar-refractivity contribution in [2.45, 2.75) is 12.2 Å². The number of alkyl halides is 3. The van der Waals surface area contributed by atoms with Gasteiger partial charge in [0.05, 0.1) is 11.6 Å². The van der Waals surface area contributed by atoms with E-state index in [1.807, 2.05) is 30.3 Å². The highest BCUT2D eigenvalue weighted by Gasteiger charge is 2.37. The first-order chi connectivity index (χ1) is 11.1. The summed E-state index contributed by atoms with van der Waals surface area (Å²) in [6, 6.07) is 15.0. The van der Waals surface area contributed by atoms with Crippen molar-refractivity contribution in [2.75, 3.05) is 26.2 Å². The highest BCUT2D eigenvalue weighted by Crippen LogP contribution is 2.38. The molecule has 2 aromatic rings. The van der Waals surface area contributed by atoms with Gasteiger partial charge >= 0.3 is 6.18 Å². The lowest BCUT2D eigenvalue weighted by Gasteiger charge is -2.36. The van der Waals surface area contributed by atoms with Crippen LogP contribution in [0.2, 0.25) is 0 Å². The fourth-order valence-electron chi connectivity index (χ4n) is 3.16. The number of rotatable bonds is 3. The van der Waals surface area contributed by atoms with E-state index in [-0.39, 0.29) is 6.04 Å². The summed E-state index contributed by atoms with van der Waals surface area (Å²) in [7, 11) is 0. The number of nitrogens with zero attached hydrogens (tertiary/aromatic N) is 1. The van der Waals surface area contributed by atoms with Crippen LogP contribution in [0.4, 0.5) is 13.2 Å². The van der Waals surface area contributed by atoms with Crippen LogP contribution in [0.1, 0.15) is 22.7 Å². The third-order valence-electron chi connectivity index (χ3n) is 4.19. The van der Waals surface area contributed by atoms with Crippen molar-refractivity contribution in [2.24, 2.45) is 0 Å². The molecule has 1 fully saturated rings. The highest BCUT2D eigenvalue weighted by molar-refractivity contribution is 5.39. The molecule has 1 aliphatic rings. The molecule has 3 rings (SSSR count). The normalized spacial score (nSPS) is 17.9. The van der Waals surface area contributed by atoms with Crippen LogP contribution in [0.3, 0.4) is 0 Å². The minimum absolute atomic E-state index is 0.327. The standard InChI is InChI=1S/C18H19F3N2/c19-18(20,21)16-9-5-4-8-15(16)17(14-6-2-1-3-7-14)23-12-10-22-11-13-23/h1-9,17,22H,10-13H2. The van der Waals surface area contributed by atoms with Gasteiger partial charge in [0.2, 0.25) is 0 Å². The van der Waals surface area contributed by atoms with Gasteiger partial charge in [-0.3, -0.25) is 4.90 Å². The molecule has 0 radical (unpaired) electrons. The molecule has 0 saturated carbocycles. The van der Waals surface area contributed by atoms with Gasteiger partial charge in [-0.25, -0.2) is 0 Å². The van der Waals surface area contributed by atoms with Gasteiger partial charge in [0.15, 0.2) is 0 Å². The Labute approximate surface area is 133 Å². The van der Waals surface area contributed by atoms with Crippen LogP contribution in [0.25, 0.3) is 0 Å². The Kier molecular flexibility index (Phi) is 4.68. The van der Waals surface area contributed by atoms with E-state index in [0.29, 0.717) is 5.56 Å². The molecule has 2 aromatic carbocycles. The Morgan fingerprint density at radius 3 is 2.13 bits per heavy atom. The Bertz CT molecular complexity index is 634. The Balaban J connectivity index is 2.09. The van der Waals surface area contributed by atoms with Crippen molar-refractivity contribution in [3.8, 4) is 0 Å². The van der Waals surface area contributed by atoms with E-state index >= 15 is 0 Å². The second-order valence-electron chi connectivity index (χ2n) is 5.68. The maximum atomic E-state index is 13.5. The summed E-state index contributed by atoms with van der Waals surface area (Å²) in [5, 5.41) is 3.25. The van der Waals surface area contributed by atoms with Crippen LogP contribution in [-0.4, -0.2) is 31.1 Å². The molecule has 1 N–H and O–H groups in total. The van der Waals surface area contributed by atoms with Crippen molar-refractivity contribution in [3.63, 3.8) is 0 Å². The van der Waals surface area contributed by atoms with Gasteiger partial charge in [0, 0.05) is 26.2 Å². The van der Waals surface area contributed by atoms with Gasteiger partial charge < -0.3 is 5.32 Å². The lowest BCUT2D eigenvalue weighted by atomic mass is 9.92. The molecule has 0 aliphatic carbocycles. The Morgan fingerprint density at radius 2 is 1.48 bits per heavy atom. The smallest absolute Gasteiger partial charge is 0.314 e. The minimum Gasteiger partial charge on any atom is -0.314 e. The molecule has 23 heavy (non-hydrogen) atoms. The molecule has 0 spiro atoms. The van der Waals surface area contributed by atoms with Crippen molar-refractivity contribution >= 4 is 0 Å². The van der Waals surface area contributed by atoms with Crippen LogP contribution >= 0.6 is 0 Å². The lowest BCUT2D eigenvalue weighted by molar-refractivity contribution is -0.138. The van der Waals surface area contributed by atoms with Gasteiger partial charge in [0.1, 0.15) is 0 Å². The van der Waals surface area contributed by atoms with Crippen LogP contribution in [0.15, 0.2) is 54.6 Å². The number of halogens is 3. The maximum absolute atomic E-state index is 13.5. The van der Waals surface area contributed by atoms with E-state index in [1.165, 1.54) is 12.1 Å². The summed E-state index contributed by atoms with van der Waals surface area (Å²) >= 11 is 0. The van der Waals surface area contributed by atoms with Gasteiger partial charge in [-0.2, -0.15) is 13.2 Å². The van der Waals surface area contributed by atoms with E-state index in [0.717, 1.165) is 31.7 Å². The van der Waals surface area contributed by atoms with Gasteiger partial charge in [-0.1, -0.05) is 48.5 Å².